The van der Waals surface area contributed by atoms with Crippen LogP contribution in [0.3, 0.4) is 0 Å². The Labute approximate surface area is 174 Å². The zero-order chi connectivity index (χ0) is 20.2. The lowest BCUT2D eigenvalue weighted by molar-refractivity contribution is -0.116. The van der Waals surface area contributed by atoms with Crippen molar-refractivity contribution in [2.24, 2.45) is 10.1 Å². The van der Waals surface area contributed by atoms with E-state index in [9.17, 15) is 4.79 Å². The summed E-state index contributed by atoms with van der Waals surface area (Å²) in [5.74, 6) is 0.801. The number of carbonyl (C=O) groups is 1. The SMILES string of the molecule is CCCCSC1=NN2C(=c3ccccc3=N[C@H]2/C(C)=C/c2ccccc2)C(=O)N1. The van der Waals surface area contributed by atoms with Crippen LogP contribution in [0.1, 0.15) is 32.3 Å². The van der Waals surface area contributed by atoms with Gasteiger partial charge in [-0.25, -0.2) is 5.01 Å². The van der Waals surface area contributed by atoms with Gasteiger partial charge in [-0.2, -0.15) is 0 Å². The topological polar surface area (TPSA) is 57.1 Å². The summed E-state index contributed by atoms with van der Waals surface area (Å²) >= 11 is 1.58. The van der Waals surface area contributed by atoms with Gasteiger partial charge in [0.1, 0.15) is 5.70 Å². The van der Waals surface area contributed by atoms with Crippen molar-refractivity contribution >= 4 is 34.6 Å². The molecule has 0 radical (unpaired) electrons. The number of para-hydroxylation sites is 1. The molecule has 0 unspecified atom stereocenters. The Bertz CT molecular complexity index is 1090. The molecular formula is C23H24N4OS. The van der Waals surface area contributed by atoms with Crippen molar-refractivity contribution in [2.75, 3.05) is 5.75 Å². The van der Waals surface area contributed by atoms with Crippen molar-refractivity contribution in [1.29, 1.82) is 0 Å². The number of unbranched alkanes of at least 4 members (excludes halogenated alkanes) is 1. The molecule has 1 N–H and O–H groups in total. The smallest absolute Gasteiger partial charge is 0.276 e. The summed E-state index contributed by atoms with van der Waals surface area (Å²) in [6.07, 6.45) is 3.94. The molecule has 29 heavy (non-hydrogen) atoms. The van der Waals surface area contributed by atoms with Gasteiger partial charge >= 0.3 is 0 Å². The molecule has 0 fully saturated rings. The average Bonchev–Trinajstić information content (AvgIpc) is 2.74. The second kappa shape index (κ2) is 8.66. The molecule has 0 saturated carbocycles. The van der Waals surface area contributed by atoms with E-state index in [2.05, 4.69) is 30.4 Å². The van der Waals surface area contributed by atoms with Crippen LogP contribution in [0, 0.1) is 0 Å². The Morgan fingerprint density at radius 2 is 1.93 bits per heavy atom. The summed E-state index contributed by atoms with van der Waals surface area (Å²) < 4.78 is 0. The van der Waals surface area contributed by atoms with Crippen LogP contribution in [0.5, 0.6) is 0 Å². The molecule has 4 rings (SSSR count). The Morgan fingerprint density at radius 3 is 2.72 bits per heavy atom. The zero-order valence-corrected chi connectivity index (χ0v) is 17.4. The molecule has 6 heteroatoms. The average molecular weight is 405 g/mol. The number of benzene rings is 2. The third-order valence-corrected chi connectivity index (χ3v) is 5.80. The third kappa shape index (κ3) is 4.12. The van der Waals surface area contributed by atoms with E-state index < -0.39 is 0 Å². The fraction of sp³-hybridized carbons (Fsp3) is 0.261. The summed E-state index contributed by atoms with van der Waals surface area (Å²) in [4.78, 5) is 17.9. The number of carbonyl (C=O) groups excluding carboxylic acids is 1. The largest absolute Gasteiger partial charge is 0.298 e. The second-order valence-corrected chi connectivity index (χ2v) is 8.16. The van der Waals surface area contributed by atoms with Crippen LogP contribution in [-0.2, 0) is 4.79 Å². The number of nitrogens with one attached hydrogen (secondary N) is 1. The molecule has 2 aromatic rings. The minimum Gasteiger partial charge on any atom is -0.298 e. The normalized spacial score (nSPS) is 18.4. The lowest BCUT2D eigenvalue weighted by Gasteiger charge is -2.34. The standard InChI is InChI=1S/C23H24N4OS/c1-3-4-14-29-23-25-22(28)20-18-12-8-9-13-19(18)24-21(27(20)26-23)16(2)15-17-10-6-5-7-11-17/h5-13,15,21H,3-4,14H2,1-2H3,(H,25,26,28)/b16-15+/t21-/m1/s1. The van der Waals surface area contributed by atoms with Crippen LogP contribution in [-0.4, -0.2) is 28.0 Å². The van der Waals surface area contributed by atoms with Crippen molar-refractivity contribution < 1.29 is 4.79 Å². The number of rotatable bonds is 5. The Morgan fingerprint density at radius 1 is 1.17 bits per heavy atom. The second-order valence-electron chi connectivity index (χ2n) is 7.07. The first-order valence-electron chi connectivity index (χ1n) is 9.90. The van der Waals surface area contributed by atoms with E-state index in [1.165, 1.54) is 0 Å². The molecule has 0 saturated heterocycles. The van der Waals surface area contributed by atoms with Gasteiger partial charge in [-0.05, 0) is 30.5 Å². The molecule has 0 aliphatic carbocycles. The van der Waals surface area contributed by atoms with E-state index in [-0.39, 0.29) is 12.1 Å². The van der Waals surface area contributed by atoms with Crippen molar-refractivity contribution in [1.82, 2.24) is 10.3 Å². The molecular weight excluding hydrogens is 380 g/mol. The molecule has 5 nitrogen and oxygen atoms in total. The lowest BCUT2D eigenvalue weighted by Crippen LogP contribution is -2.52. The van der Waals surface area contributed by atoms with Gasteiger partial charge in [-0.3, -0.25) is 15.1 Å². The molecule has 0 aromatic heterocycles. The van der Waals surface area contributed by atoms with Gasteiger partial charge in [0.25, 0.3) is 5.91 Å². The summed E-state index contributed by atoms with van der Waals surface area (Å²) in [6.45, 7) is 4.20. The number of thioether (sulfide) groups is 1. The number of fused-ring (bicyclic) bond motifs is 2. The van der Waals surface area contributed by atoms with E-state index in [4.69, 9.17) is 10.1 Å². The molecule has 2 aliphatic rings. The van der Waals surface area contributed by atoms with Crippen LogP contribution in [0.2, 0.25) is 0 Å². The van der Waals surface area contributed by atoms with Crippen LogP contribution < -0.4 is 15.9 Å². The lowest BCUT2D eigenvalue weighted by atomic mass is 10.1. The Hall–Kier alpha value is -2.86. The highest BCUT2D eigenvalue weighted by molar-refractivity contribution is 8.13. The number of amidine groups is 1. The van der Waals surface area contributed by atoms with Crippen molar-refractivity contribution in [3.63, 3.8) is 0 Å². The highest BCUT2D eigenvalue weighted by Crippen LogP contribution is 2.25. The maximum Gasteiger partial charge on any atom is 0.276 e. The van der Waals surface area contributed by atoms with Crippen LogP contribution in [0.25, 0.3) is 11.8 Å². The highest BCUT2D eigenvalue weighted by Gasteiger charge is 2.34. The van der Waals surface area contributed by atoms with E-state index in [0.717, 1.165) is 40.3 Å². The maximum atomic E-state index is 13.0. The maximum absolute atomic E-state index is 13.0. The highest BCUT2D eigenvalue weighted by atomic mass is 32.2. The van der Waals surface area contributed by atoms with Crippen LogP contribution >= 0.6 is 11.8 Å². The van der Waals surface area contributed by atoms with Gasteiger partial charge < -0.3 is 0 Å². The zero-order valence-electron chi connectivity index (χ0n) is 16.6. The van der Waals surface area contributed by atoms with E-state index in [0.29, 0.717) is 10.9 Å². The number of hydrazone groups is 1. The first-order chi connectivity index (χ1) is 14.2. The van der Waals surface area contributed by atoms with E-state index in [1.807, 2.05) is 49.4 Å². The van der Waals surface area contributed by atoms with Crippen LogP contribution in [0.15, 0.2) is 70.3 Å². The summed E-state index contributed by atoms with van der Waals surface area (Å²) in [5.41, 5.74) is 2.68. The van der Waals surface area contributed by atoms with E-state index in [1.54, 1.807) is 16.8 Å². The number of nitrogens with zero attached hydrogens (tertiary/aromatic N) is 3. The molecule has 1 amide bonds. The van der Waals surface area contributed by atoms with Crippen molar-refractivity contribution in [3.05, 3.63) is 76.3 Å². The molecule has 1 atom stereocenters. The van der Waals surface area contributed by atoms with Crippen LogP contribution in [0.4, 0.5) is 0 Å². The molecule has 148 valence electrons. The fourth-order valence-corrected chi connectivity index (χ4v) is 4.33. The van der Waals surface area contributed by atoms with Crippen molar-refractivity contribution in [3.8, 4) is 0 Å². The van der Waals surface area contributed by atoms with Gasteiger partial charge in [0.2, 0.25) is 0 Å². The first-order valence-corrected chi connectivity index (χ1v) is 10.9. The molecule has 2 heterocycles. The first kappa shape index (κ1) is 19.5. The summed E-state index contributed by atoms with van der Waals surface area (Å²) in [5, 5.41) is 11.8. The Kier molecular flexibility index (Phi) is 5.81. The van der Waals surface area contributed by atoms with Gasteiger partial charge in [-0.15, -0.1) is 5.10 Å². The van der Waals surface area contributed by atoms with E-state index >= 15 is 0 Å². The minimum atomic E-state index is -0.354. The third-order valence-electron chi connectivity index (χ3n) is 4.85. The molecule has 0 bridgehead atoms. The van der Waals surface area contributed by atoms with Crippen molar-refractivity contribution in [2.45, 2.75) is 32.9 Å². The minimum absolute atomic E-state index is 0.126. The monoisotopic (exact) mass is 404 g/mol. The molecule has 2 aliphatic heterocycles. The fourth-order valence-electron chi connectivity index (χ4n) is 3.39. The predicted molar refractivity (Wildman–Crippen MR) is 119 cm³/mol. The quantitative estimate of drug-likeness (QED) is 0.779. The summed E-state index contributed by atoms with van der Waals surface area (Å²) in [6, 6.07) is 17.9. The van der Waals surface area contributed by atoms with Gasteiger partial charge in [-0.1, -0.05) is 79.7 Å². The number of hydrogen-bond acceptors (Lipinski definition) is 5. The Balaban J connectivity index is 1.79. The predicted octanol–water partition coefficient (Wildman–Crippen LogP) is 3.09. The van der Waals surface area contributed by atoms with Gasteiger partial charge in [0.05, 0.1) is 5.36 Å². The van der Waals surface area contributed by atoms with Gasteiger partial charge in [0, 0.05) is 11.0 Å². The number of amides is 1. The van der Waals surface area contributed by atoms with Gasteiger partial charge in [0.15, 0.2) is 11.3 Å². The molecule has 0 spiro atoms. The number of hydrogen-bond donors (Lipinski definition) is 1. The molecule has 2 aromatic carbocycles. The summed E-state index contributed by atoms with van der Waals surface area (Å²) in [7, 11) is 0.